The predicted octanol–water partition coefficient (Wildman–Crippen LogP) is 4.37. The zero-order valence-corrected chi connectivity index (χ0v) is 12.9. The lowest BCUT2D eigenvalue weighted by Gasteiger charge is -2.25. The molecule has 0 bridgehead atoms. The molecule has 0 radical (unpaired) electrons. The molecule has 0 saturated carbocycles. The SMILES string of the molecule is CCN(c1cccc(C)c1)c1ccc(CN)cc1Br. The van der Waals surface area contributed by atoms with E-state index in [1.54, 1.807) is 0 Å². The molecule has 0 aromatic heterocycles. The molecule has 0 aliphatic heterocycles. The van der Waals surface area contributed by atoms with Crippen LogP contribution in [0, 0.1) is 6.92 Å². The normalized spacial score (nSPS) is 10.5. The van der Waals surface area contributed by atoms with E-state index < -0.39 is 0 Å². The van der Waals surface area contributed by atoms with Crippen LogP contribution < -0.4 is 10.6 Å². The summed E-state index contributed by atoms with van der Waals surface area (Å²) in [6, 6.07) is 14.8. The first kappa shape index (κ1) is 14.1. The number of rotatable bonds is 4. The third kappa shape index (κ3) is 3.17. The zero-order valence-electron chi connectivity index (χ0n) is 11.4. The standard InChI is InChI=1S/C16H19BrN2/c1-3-19(14-6-4-5-12(2)9-14)16-8-7-13(11-18)10-15(16)17/h4-10H,3,11,18H2,1-2H3. The topological polar surface area (TPSA) is 29.3 Å². The summed E-state index contributed by atoms with van der Waals surface area (Å²) < 4.78 is 1.08. The molecule has 2 aromatic rings. The van der Waals surface area contributed by atoms with Gasteiger partial charge >= 0.3 is 0 Å². The highest BCUT2D eigenvalue weighted by atomic mass is 79.9. The Hall–Kier alpha value is -1.32. The van der Waals surface area contributed by atoms with Gasteiger partial charge in [-0.2, -0.15) is 0 Å². The number of hydrogen-bond acceptors (Lipinski definition) is 2. The van der Waals surface area contributed by atoms with Crippen LogP contribution in [0.3, 0.4) is 0 Å². The maximum absolute atomic E-state index is 5.67. The van der Waals surface area contributed by atoms with Crippen LogP contribution >= 0.6 is 15.9 Å². The van der Waals surface area contributed by atoms with E-state index in [9.17, 15) is 0 Å². The van der Waals surface area contributed by atoms with Crippen molar-refractivity contribution >= 4 is 27.3 Å². The van der Waals surface area contributed by atoms with Gasteiger partial charge in [0.1, 0.15) is 0 Å². The Balaban J connectivity index is 2.42. The molecule has 2 N–H and O–H groups in total. The largest absolute Gasteiger partial charge is 0.341 e. The Morgan fingerprint density at radius 2 is 1.95 bits per heavy atom. The van der Waals surface area contributed by atoms with Crippen LogP contribution in [-0.2, 0) is 6.54 Å². The molecule has 0 saturated heterocycles. The number of nitrogens with zero attached hydrogens (tertiary/aromatic N) is 1. The van der Waals surface area contributed by atoms with Crippen molar-refractivity contribution in [2.45, 2.75) is 20.4 Å². The minimum Gasteiger partial charge on any atom is -0.341 e. The second-order valence-corrected chi connectivity index (χ2v) is 5.43. The van der Waals surface area contributed by atoms with Gasteiger partial charge in [0.25, 0.3) is 0 Å². The van der Waals surface area contributed by atoms with Gasteiger partial charge in [-0.05, 0) is 65.2 Å². The lowest BCUT2D eigenvalue weighted by atomic mass is 10.1. The summed E-state index contributed by atoms with van der Waals surface area (Å²) in [6.45, 7) is 5.76. The summed E-state index contributed by atoms with van der Waals surface area (Å²) in [6.07, 6.45) is 0. The maximum Gasteiger partial charge on any atom is 0.0555 e. The summed E-state index contributed by atoms with van der Waals surface area (Å²) in [4.78, 5) is 2.29. The molecule has 3 heteroatoms. The van der Waals surface area contributed by atoms with Crippen LogP contribution in [0.15, 0.2) is 46.9 Å². The molecule has 0 fully saturated rings. The predicted molar refractivity (Wildman–Crippen MR) is 85.9 cm³/mol. The Kier molecular flexibility index (Phi) is 4.61. The van der Waals surface area contributed by atoms with E-state index in [1.165, 1.54) is 16.9 Å². The van der Waals surface area contributed by atoms with Crippen LogP contribution in [0.1, 0.15) is 18.1 Å². The maximum atomic E-state index is 5.67. The highest BCUT2D eigenvalue weighted by Crippen LogP contribution is 2.32. The molecular weight excluding hydrogens is 300 g/mol. The third-order valence-corrected chi connectivity index (χ3v) is 3.80. The minimum atomic E-state index is 0.565. The van der Waals surface area contributed by atoms with E-state index in [0.717, 1.165) is 16.6 Å². The van der Waals surface area contributed by atoms with Gasteiger partial charge in [-0.3, -0.25) is 0 Å². The van der Waals surface area contributed by atoms with Gasteiger partial charge in [0.05, 0.1) is 5.69 Å². The summed E-state index contributed by atoms with van der Waals surface area (Å²) >= 11 is 3.65. The number of halogens is 1. The smallest absolute Gasteiger partial charge is 0.0555 e. The van der Waals surface area contributed by atoms with Crippen molar-refractivity contribution in [3.05, 3.63) is 58.1 Å². The molecule has 0 heterocycles. The second kappa shape index (κ2) is 6.22. The third-order valence-electron chi connectivity index (χ3n) is 3.17. The molecule has 0 unspecified atom stereocenters. The Morgan fingerprint density at radius 3 is 2.53 bits per heavy atom. The number of hydrogen-bond donors (Lipinski definition) is 1. The van der Waals surface area contributed by atoms with Crippen LogP contribution in [0.2, 0.25) is 0 Å². The summed E-state index contributed by atoms with van der Waals surface area (Å²) in [7, 11) is 0. The fourth-order valence-electron chi connectivity index (χ4n) is 2.18. The molecule has 0 atom stereocenters. The molecule has 0 aliphatic rings. The average Bonchev–Trinajstić information content (AvgIpc) is 2.41. The number of anilines is 2. The van der Waals surface area contributed by atoms with E-state index in [0.29, 0.717) is 6.54 Å². The summed E-state index contributed by atoms with van der Waals surface area (Å²) in [5.41, 5.74) is 10.5. The molecule has 0 spiro atoms. The van der Waals surface area contributed by atoms with Gasteiger partial charge in [-0.25, -0.2) is 0 Å². The van der Waals surface area contributed by atoms with Crippen molar-refractivity contribution in [1.82, 2.24) is 0 Å². The Labute approximate surface area is 123 Å². The van der Waals surface area contributed by atoms with E-state index >= 15 is 0 Å². The number of aryl methyl sites for hydroxylation is 1. The van der Waals surface area contributed by atoms with Gasteiger partial charge in [0, 0.05) is 23.2 Å². The zero-order chi connectivity index (χ0) is 13.8. The van der Waals surface area contributed by atoms with Crippen molar-refractivity contribution in [2.24, 2.45) is 5.73 Å². The van der Waals surface area contributed by atoms with Crippen LogP contribution in [0.25, 0.3) is 0 Å². The molecule has 2 rings (SSSR count). The van der Waals surface area contributed by atoms with Crippen molar-refractivity contribution in [3.8, 4) is 0 Å². The minimum absolute atomic E-state index is 0.565. The highest BCUT2D eigenvalue weighted by molar-refractivity contribution is 9.10. The van der Waals surface area contributed by atoms with E-state index in [2.05, 4.69) is 77.1 Å². The van der Waals surface area contributed by atoms with Gasteiger partial charge in [-0.1, -0.05) is 18.2 Å². The van der Waals surface area contributed by atoms with Crippen molar-refractivity contribution in [2.75, 3.05) is 11.4 Å². The summed E-state index contributed by atoms with van der Waals surface area (Å²) in [5, 5.41) is 0. The first-order chi connectivity index (χ1) is 9.15. The second-order valence-electron chi connectivity index (χ2n) is 4.57. The molecule has 19 heavy (non-hydrogen) atoms. The molecule has 100 valence electrons. The lowest BCUT2D eigenvalue weighted by molar-refractivity contribution is 1.01. The van der Waals surface area contributed by atoms with Gasteiger partial charge < -0.3 is 10.6 Å². The number of nitrogens with two attached hydrogens (primary N) is 1. The molecule has 0 aliphatic carbocycles. The fourth-order valence-corrected chi connectivity index (χ4v) is 2.82. The first-order valence-corrected chi connectivity index (χ1v) is 7.27. The fraction of sp³-hybridized carbons (Fsp3) is 0.250. The first-order valence-electron chi connectivity index (χ1n) is 6.48. The summed E-state index contributed by atoms with van der Waals surface area (Å²) in [5.74, 6) is 0. The van der Waals surface area contributed by atoms with E-state index in [4.69, 9.17) is 5.73 Å². The van der Waals surface area contributed by atoms with Crippen LogP contribution in [-0.4, -0.2) is 6.54 Å². The Bertz CT molecular complexity index is 566. The van der Waals surface area contributed by atoms with E-state index in [-0.39, 0.29) is 0 Å². The number of benzene rings is 2. The van der Waals surface area contributed by atoms with Crippen molar-refractivity contribution < 1.29 is 0 Å². The average molecular weight is 319 g/mol. The highest BCUT2D eigenvalue weighted by Gasteiger charge is 2.11. The van der Waals surface area contributed by atoms with Gasteiger partial charge in [0.15, 0.2) is 0 Å². The van der Waals surface area contributed by atoms with Crippen molar-refractivity contribution in [3.63, 3.8) is 0 Å². The lowest BCUT2D eigenvalue weighted by Crippen LogP contribution is -2.16. The molecular formula is C16H19BrN2. The molecule has 0 amide bonds. The molecule has 2 aromatic carbocycles. The van der Waals surface area contributed by atoms with Gasteiger partial charge in [-0.15, -0.1) is 0 Å². The Morgan fingerprint density at radius 1 is 1.16 bits per heavy atom. The van der Waals surface area contributed by atoms with Crippen LogP contribution in [0.4, 0.5) is 11.4 Å². The monoisotopic (exact) mass is 318 g/mol. The van der Waals surface area contributed by atoms with Crippen LogP contribution in [0.5, 0.6) is 0 Å². The molecule has 2 nitrogen and oxygen atoms in total. The quantitative estimate of drug-likeness (QED) is 0.906. The van der Waals surface area contributed by atoms with Crippen molar-refractivity contribution in [1.29, 1.82) is 0 Å². The van der Waals surface area contributed by atoms with E-state index in [1.807, 2.05) is 0 Å². The van der Waals surface area contributed by atoms with Gasteiger partial charge in [0.2, 0.25) is 0 Å².